The first kappa shape index (κ1) is 60.0. The summed E-state index contributed by atoms with van der Waals surface area (Å²) in [6.07, 6.45) is -7.87. The molecule has 2 saturated heterocycles. The minimum Gasteiger partial charge on any atom is -0.396 e. The summed E-state index contributed by atoms with van der Waals surface area (Å²) in [7, 11) is 0. The van der Waals surface area contributed by atoms with E-state index in [2.05, 4.69) is 0 Å². The van der Waals surface area contributed by atoms with Crippen LogP contribution in [0, 0.1) is 11.8 Å². The molecule has 0 saturated carbocycles. The molecule has 25 heteroatoms. The molecular weight excluding hydrogens is 832 g/mol. The number of aliphatic hydroxyl groups excluding tert-OH is 14. The van der Waals surface area contributed by atoms with Crippen LogP contribution in [-0.2, 0) is 52.1 Å². The SMILES string of the molecule is OCC(O)COC(CO)COCC(CO)OCC(O)CO.OCC(O)COCC(O)COCC1OCC(CO)CO1.OCC(O)COCC1COC(COCC(O)CO)OC1. The Hall–Kier alpha value is -1.00. The average Bonchev–Trinajstić information content (AvgIpc) is 3.29. The van der Waals surface area contributed by atoms with E-state index in [0.29, 0.717) is 33.0 Å². The van der Waals surface area contributed by atoms with E-state index in [0.717, 1.165) is 0 Å². The molecule has 0 aliphatic carbocycles. The minimum absolute atomic E-state index is 0.00296. The van der Waals surface area contributed by atoms with E-state index in [1.54, 1.807) is 0 Å². The lowest BCUT2D eigenvalue weighted by Crippen LogP contribution is -2.38. The molecule has 0 aromatic heterocycles. The van der Waals surface area contributed by atoms with Gasteiger partial charge in [-0.25, -0.2) is 0 Å². The summed E-state index contributed by atoms with van der Waals surface area (Å²) in [5.41, 5.74) is 0. The van der Waals surface area contributed by atoms with E-state index in [1.807, 2.05) is 0 Å². The van der Waals surface area contributed by atoms with E-state index in [4.69, 9.17) is 118 Å². The van der Waals surface area contributed by atoms with Crippen molar-refractivity contribution in [3.05, 3.63) is 0 Å². The summed E-state index contributed by atoms with van der Waals surface area (Å²) in [5.74, 6) is 0.0726. The predicted molar refractivity (Wildman–Crippen MR) is 205 cm³/mol. The van der Waals surface area contributed by atoms with Gasteiger partial charge in [-0.3, -0.25) is 0 Å². The molecule has 2 aliphatic rings. The highest BCUT2D eigenvalue weighted by Crippen LogP contribution is 2.13. The maximum Gasteiger partial charge on any atom is 0.180 e. The third kappa shape index (κ3) is 34.1. The van der Waals surface area contributed by atoms with Crippen LogP contribution in [0.1, 0.15) is 0 Å². The molecule has 2 fully saturated rings. The zero-order chi connectivity index (χ0) is 45.7. The Morgan fingerprint density at radius 3 is 1.03 bits per heavy atom. The lowest BCUT2D eigenvalue weighted by atomic mass is 10.2. The van der Waals surface area contributed by atoms with Crippen molar-refractivity contribution in [3.8, 4) is 0 Å². The highest BCUT2D eigenvalue weighted by Gasteiger charge is 2.24. The monoisotopic (exact) mass is 906 g/mol. The summed E-state index contributed by atoms with van der Waals surface area (Å²) in [4.78, 5) is 0. The van der Waals surface area contributed by atoms with Crippen molar-refractivity contribution < 1.29 is 124 Å². The first-order valence-corrected chi connectivity index (χ1v) is 19.9. The Morgan fingerprint density at radius 1 is 0.344 bits per heavy atom. The van der Waals surface area contributed by atoms with E-state index in [9.17, 15) is 5.11 Å². The summed E-state index contributed by atoms with van der Waals surface area (Å²) >= 11 is 0. The molecule has 2 heterocycles. The fourth-order valence-corrected chi connectivity index (χ4v) is 4.32. The third-order valence-corrected chi connectivity index (χ3v) is 7.86. The number of hydrogen-bond acceptors (Lipinski definition) is 25. The van der Waals surface area contributed by atoms with Gasteiger partial charge in [0.15, 0.2) is 12.6 Å². The predicted octanol–water partition coefficient (Wildman–Crippen LogP) is -8.11. The van der Waals surface area contributed by atoms with Crippen LogP contribution in [0.4, 0.5) is 0 Å². The summed E-state index contributed by atoms with van der Waals surface area (Å²) in [6.45, 7) is -0.124. The maximum absolute atomic E-state index is 9.54. The van der Waals surface area contributed by atoms with Gasteiger partial charge >= 0.3 is 0 Å². The normalized spacial score (nSPS) is 23.3. The Bertz CT molecular complexity index is 871. The van der Waals surface area contributed by atoms with Crippen LogP contribution in [0.3, 0.4) is 0 Å². The number of ether oxygens (including phenoxy) is 11. The largest absolute Gasteiger partial charge is 0.396 e. The van der Waals surface area contributed by atoms with E-state index in [1.165, 1.54) is 0 Å². The maximum atomic E-state index is 9.54. The zero-order valence-corrected chi connectivity index (χ0v) is 34.7. The van der Waals surface area contributed by atoms with Crippen LogP contribution >= 0.6 is 0 Å². The van der Waals surface area contributed by atoms with Crippen LogP contribution in [0.2, 0.25) is 0 Å². The molecule has 25 nitrogen and oxygen atoms in total. The second-order valence-electron chi connectivity index (χ2n) is 13.9. The molecule has 0 bridgehead atoms. The molecule has 0 aromatic carbocycles. The van der Waals surface area contributed by atoms with Gasteiger partial charge in [0.1, 0.15) is 48.8 Å². The zero-order valence-electron chi connectivity index (χ0n) is 34.7. The van der Waals surface area contributed by atoms with Crippen molar-refractivity contribution in [1.29, 1.82) is 0 Å². The van der Waals surface area contributed by atoms with Crippen LogP contribution in [0.15, 0.2) is 0 Å². The summed E-state index contributed by atoms with van der Waals surface area (Å²) in [5, 5.41) is 125. The fraction of sp³-hybridized carbons (Fsp3) is 1.00. The molecule has 0 radical (unpaired) electrons. The molecule has 2 rings (SSSR count). The number of rotatable bonds is 34. The third-order valence-electron chi connectivity index (χ3n) is 7.86. The van der Waals surface area contributed by atoms with Gasteiger partial charge in [0.25, 0.3) is 0 Å². The molecule has 8 unspecified atom stereocenters. The van der Waals surface area contributed by atoms with Crippen LogP contribution in [0.25, 0.3) is 0 Å². The van der Waals surface area contributed by atoms with Gasteiger partial charge in [0.2, 0.25) is 0 Å². The molecule has 0 spiro atoms. The lowest BCUT2D eigenvalue weighted by molar-refractivity contribution is -0.229. The molecule has 0 aromatic rings. The topological polar surface area (TPSA) is 385 Å². The van der Waals surface area contributed by atoms with E-state index >= 15 is 0 Å². The van der Waals surface area contributed by atoms with Crippen LogP contribution in [0.5, 0.6) is 0 Å². The van der Waals surface area contributed by atoms with Crippen LogP contribution in [-0.4, -0.2) is 291 Å². The highest BCUT2D eigenvalue weighted by atomic mass is 16.7. The standard InChI is InChI=1S/C12H26O9.2C12H24O8/c13-1-9(17)5-20-11(3-15)7-19-8-12(4-16)21-6-10(18)2-14;13-1-10(15)6-17-3-9-4-19-12(20-5-9)8-18-7-11(16)2-14;13-1-9-3-19-12(20-4-9)8-18-7-11(16)6-17-5-10(15)2-14/h9-18H,1-8H2;2*9-16H,1-8H2. The molecule has 8 atom stereocenters. The van der Waals surface area contributed by atoms with E-state index in [-0.39, 0.29) is 124 Å². The van der Waals surface area contributed by atoms with Gasteiger partial charge in [-0.15, -0.1) is 0 Å². The quantitative estimate of drug-likeness (QED) is 0.0285. The van der Waals surface area contributed by atoms with Gasteiger partial charge < -0.3 is 124 Å². The van der Waals surface area contributed by atoms with Gasteiger partial charge in [-0.2, -0.15) is 0 Å². The lowest BCUT2D eigenvalue weighted by Gasteiger charge is -2.29. The minimum atomic E-state index is -1.02. The van der Waals surface area contributed by atoms with Crippen molar-refractivity contribution in [2.45, 2.75) is 61.4 Å². The first-order valence-electron chi connectivity index (χ1n) is 19.9. The second-order valence-corrected chi connectivity index (χ2v) is 13.9. The number of aliphatic hydroxyl groups is 14. The van der Waals surface area contributed by atoms with Gasteiger partial charge in [-0.05, 0) is 0 Å². The summed E-state index contributed by atoms with van der Waals surface area (Å²) < 4.78 is 57.5. The fourth-order valence-electron chi connectivity index (χ4n) is 4.32. The molecule has 0 amide bonds. The first-order chi connectivity index (χ1) is 29.4. The van der Waals surface area contributed by atoms with Crippen molar-refractivity contribution >= 4 is 0 Å². The molecule has 61 heavy (non-hydrogen) atoms. The molecular formula is C36H74O25. The average molecular weight is 907 g/mol. The van der Waals surface area contributed by atoms with Gasteiger partial charge in [-0.1, -0.05) is 0 Å². The Morgan fingerprint density at radius 2 is 0.656 bits per heavy atom. The van der Waals surface area contributed by atoms with E-state index < -0.39 is 74.6 Å². The van der Waals surface area contributed by atoms with Crippen molar-refractivity contribution in [3.63, 3.8) is 0 Å². The summed E-state index contributed by atoms with van der Waals surface area (Å²) in [6, 6.07) is 0. The van der Waals surface area contributed by atoms with Gasteiger partial charge in [0.05, 0.1) is 159 Å². The van der Waals surface area contributed by atoms with Crippen molar-refractivity contribution in [1.82, 2.24) is 0 Å². The Kier molecular flexibility index (Phi) is 39.8. The second kappa shape index (κ2) is 40.5. The highest BCUT2D eigenvalue weighted by molar-refractivity contribution is 4.65. The van der Waals surface area contributed by atoms with Crippen molar-refractivity contribution in [2.75, 3.05) is 159 Å². The Balaban J connectivity index is 0.000000885. The smallest absolute Gasteiger partial charge is 0.180 e. The molecule has 14 N–H and O–H groups in total. The van der Waals surface area contributed by atoms with Crippen molar-refractivity contribution in [2.24, 2.45) is 11.8 Å². The molecule has 368 valence electrons. The molecule has 2 aliphatic heterocycles. The van der Waals surface area contributed by atoms with Crippen LogP contribution < -0.4 is 0 Å². The number of hydrogen-bond donors (Lipinski definition) is 14. The Labute approximate surface area is 355 Å². The van der Waals surface area contributed by atoms with Gasteiger partial charge in [0, 0.05) is 11.8 Å².